The number of rotatable bonds is 4. The third-order valence-electron chi connectivity index (χ3n) is 4.01. The number of benzene rings is 1. The van der Waals surface area contributed by atoms with E-state index in [0.717, 1.165) is 43.2 Å². The molecule has 1 saturated carbocycles. The summed E-state index contributed by atoms with van der Waals surface area (Å²) in [5.41, 5.74) is 1.71. The first-order valence-electron chi connectivity index (χ1n) is 8.04. The first-order valence-corrected chi connectivity index (χ1v) is 8.92. The molecule has 0 radical (unpaired) electrons. The Bertz CT molecular complexity index is 680. The number of carboxylic acid groups (broad SMARTS) is 1. The molecular formula is C17H18N3O3S-. The van der Waals surface area contributed by atoms with Crippen LogP contribution in [0, 0.1) is 0 Å². The summed E-state index contributed by atoms with van der Waals surface area (Å²) < 4.78 is 0. The number of carboxylic acids is 1. The van der Waals surface area contributed by atoms with E-state index in [9.17, 15) is 14.7 Å². The lowest BCUT2D eigenvalue weighted by molar-refractivity contribution is -0.305. The Morgan fingerprint density at radius 2 is 1.88 bits per heavy atom. The highest BCUT2D eigenvalue weighted by atomic mass is 32.2. The molecule has 0 unspecified atom stereocenters. The molecule has 7 heteroatoms. The molecule has 1 aromatic rings. The number of para-hydroxylation sites is 1. The SMILES string of the molecule is O=C([O-])C[C@H]1S/C(=N\N=C2CCCCC2)N(c2ccccc2)C1=O. The summed E-state index contributed by atoms with van der Waals surface area (Å²) in [6.07, 6.45) is 4.98. The molecule has 0 N–H and O–H groups in total. The van der Waals surface area contributed by atoms with Crippen molar-refractivity contribution in [1.82, 2.24) is 0 Å². The molecule has 0 bridgehead atoms. The van der Waals surface area contributed by atoms with E-state index in [1.807, 2.05) is 18.2 Å². The molecule has 0 spiro atoms. The average molecular weight is 344 g/mol. The van der Waals surface area contributed by atoms with Crippen LogP contribution in [0.2, 0.25) is 0 Å². The minimum absolute atomic E-state index is 0.294. The van der Waals surface area contributed by atoms with Gasteiger partial charge in [-0.2, -0.15) is 5.10 Å². The van der Waals surface area contributed by atoms with Crippen LogP contribution < -0.4 is 10.0 Å². The van der Waals surface area contributed by atoms with Gasteiger partial charge in [-0.15, -0.1) is 5.10 Å². The molecule has 1 aliphatic carbocycles. The van der Waals surface area contributed by atoms with Gasteiger partial charge in [-0.1, -0.05) is 36.4 Å². The molecule has 6 nitrogen and oxygen atoms in total. The fourth-order valence-corrected chi connectivity index (χ4v) is 3.87. The average Bonchev–Trinajstić information content (AvgIpc) is 2.90. The van der Waals surface area contributed by atoms with Crippen LogP contribution in [0.25, 0.3) is 0 Å². The van der Waals surface area contributed by atoms with Gasteiger partial charge in [0.2, 0.25) is 5.91 Å². The predicted molar refractivity (Wildman–Crippen MR) is 92.9 cm³/mol. The number of carbonyl (C=O) groups is 2. The van der Waals surface area contributed by atoms with Crippen LogP contribution in [0.5, 0.6) is 0 Å². The quantitative estimate of drug-likeness (QED) is 0.781. The number of amidine groups is 1. The van der Waals surface area contributed by atoms with Gasteiger partial charge in [0.25, 0.3) is 0 Å². The van der Waals surface area contributed by atoms with E-state index >= 15 is 0 Å². The lowest BCUT2D eigenvalue weighted by atomic mass is 9.99. The molecule has 3 rings (SSSR count). The number of carbonyl (C=O) groups excluding carboxylic acids is 2. The fraction of sp³-hybridized carbons (Fsp3) is 0.412. The minimum Gasteiger partial charge on any atom is -0.550 e. The van der Waals surface area contributed by atoms with Gasteiger partial charge in [0, 0.05) is 18.1 Å². The van der Waals surface area contributed by atoms with Crippen LogP contribution >= 0.6 is 11.8 Å². The molecule has 0 aromatic heterocycles. The molecular weight excluding hydrogens is 326 g/mol. The van der Waals surface area contributed by atoms with E-state index in [2.05, 4.69) is 10.2 Å². The minimum atomic E-state index is -1.24. The second-order valence-electron chi connectivity index (χ2n) is 5.80. The Labute approximate surface area is 144 Å². The zero-order chi connectivity index (χ0) is 16.9. The molecule has 1 aliphatic heterocycles. The first-order chi connectivity index (χ1) is 11.6. The van der Waals surface area contributed by atoms with Crippen LogP contribution in [-0.2, 0) is 9.59 Å². The maximum atomic E-state index is 12.6. The summed E-state index contributed by atoms with van der Waals surface area (Å²) >= 11 is 1.14. The second-order valence-corrected chi connectivity index (χ2v) is 6.97. The van der Waals surface area contributed by atoms with Gasteiger partial charge in [0.1, 0.15) is 0 Å². The van der Waals surface area contributed by atoms with E-state index in [4.69, 9.17) is 0 Å². The molecule has 1 aromatic carbocycles. The van der Waals surface area contributed by atoms with Crippen LogP contribution in [0.4, 0.5) is 5.69 Å². The molecule has 1 saturated heterocycles. The highest BCUT2D eigenvalue weighted by molar-refractivity contribution is 8.16. The lowest BCUT2D eigenvalue weighted by Gasteiger charge is -2.16. The number of amides is 1. The smallest absolute Gasteiger partial charge is 0.247 e. The zero-order valence-electron chi connectivity index (χ0n) is 13.2. The monoisotopic (exact) mass is 344 g/mol. The summed E-state index contributed by atoms with van der Waals surface area (Å²) in [4.78, 5) is 24.9. The number of hydrogen-bond acceptors (Lipinski definition) is 6. The molecule has 1 atom stereocenters. The standard InChI is InChI=1S/C17H19N3O3S/c21-15(22)11-14-16(23)20(13-9-5-2-6-10-13)17(24-14)19-18-12-7-3-1-4-8-12/h2,5-6,9-10,14H,1,3-4,7-8,11H2,(H,21,22)/p-1/b19-17-/t14-/m1/s1. The second kappa shape index (κ2) is 7.61. The Morgan fingerprint density at radius 1 is 1.17 bits per heavy atom. The summed E-state index contributed by atoms with van der Waals surface area (Å²) in [7, 11) is 0. The van der Waals surface area contributed by atoms with E-state index in [1.165, 1.54) is 11.3 Å². The maximum absolute atomic E-state index is 12.6. The Morgan fingerprint density at radius 3 is 2.54 bits per heavy atom. The van der Waals surface area contributed by atoms with Crippen molar-refractivity contribution in [3.05, 3.63) is 30.3 Å². The van der Waals surface area contributed by atoms with Crippen LogP contribution in [0.3, 0.4) is 0 Å². The lowest BCUT2D eigenvalue weighted by Crippen LogP contribution is -2.35. The summed E-state index contributed by atoms with van der Waals surface area (Å²) in [6.45, 7) is 0. The van der Waals surface area contributed by atoms with Crippen LogP contribution in [0.1, 0.15) is 38.5 Å². The van der Waals surface area contributed by atoms with E-state index < -0.39 is 11.2 Å². The van der Waals surface area contributed by atoms with Crippen molar-refractivity contribution in [2.24, 2.45) is 10.2 Å². The number of thioether (sulfide) groups is 1. The van der Waals surface area contributed by atoms with Crippen LogP contribution in [0.15, 0.2) is 40.5 Å². The van der Waals surface area contributed by atoms with Crippen molar-refractivity contribution >= 4 is 40.2 Å². The largest absolute Gasteiger partial charge is 0.550 e. The van der Waals surface area contributed by atoms with Gasteiger partial charge in [-0.05, 0) is 37.8 Å². The molecule has 2 fully saturated rings. The fourth-order valence-electron chi connectivity index (χ4n) is 2.81. The molecule has 24 heavy (non-hydrogen) atoms. The number of nitrogens with zero attached hydrogens (tertiary/aromatic N) is 3. The summed E-state index contributed by atoms with van der Waals surface area (Å²) in [5, 5.41) is 19.2. The molecule has 1 amide bonds. The predicted octanol–water partition coefficient (Wildman–Crippen LogP) is 1.95. The van der Waals surface area contributed by atoms with Gasteiger partial charge in [0.05, 0.1) is 10.9 Å². The highest BCUT2D eigenvalue weighted by Crippen LogP contribution is 2.33. The summed E-state index contributed by atoms with van der Waals surface area (Å²) in [5.74, 6) is -1.54. The van der Waals surface area contributed by atoms with Gasteiger partial charge < -0.3 is 9.90 Å². The van der Waals surface area contributed by atoms with Crippen molar-refractivity contribution in [1.29, 1.82) is 0 Å². The first kappa shape index (κ1) is 16.7. The topological polar surface area (TPSA) is 85.2 Å². The molecule has 126 valence electrons. The third kappa shape index (κ3) is 3.84. The van der Waals surface area contributed by atoms with Crippen molar-refractivity contribution in [3.63, 3.8) is 0 Å². The number of anilines is 1. The Balaban J connectivity index is 1.88. The van der Waals surface area contributed by atoms with E-state index in [-0.39, 0.29) is 12.3 Å². The van der Waals surface area contributed by atoms with E-state index in [1.54, 1.807) is 12.1 Å². The van der Waals surface area contributed by atoms with Crippen molar-refractivity contribution < 1.29 is 14.7 Å². The maximum Gasteiger partial charge on any atom is 0.247 e. The highest BCUT2D eigenvalue weighted by Gasteiger charge is 2.39. The van der Waals surface area contributed by atoms with Crippen molar-refractivity contribution in [3.8, 4) is 0 Å². The molecule has 1 heterocycles. The summed E-state index contributed by atoms with van der Waals surface area (Å²) in [6, 6.07) is 9.09. The number of hydrogen-bond donors (Lipinski definition) is 0. The van der Waals surface area contributed by atoms with Gasteiger partial charge in [0.15, 0.2) is 5.17 Å². The van der Waals surface area contributed by atoms with E-state index in [0.29, 0.717) is 10.9 Å². The van der Waals surface area contributed by atoms with Gasteiger partial charge in [-0.25, -0.2) is 0 Å². The number of aliphatic carboxylic acids is 1. The zero-order valence-corrected chi connectivity index (χ0v) is 14.0. The van der Waals surface area contributed by atoms with Gasteiger partial charge in [-0.3, -0.25) is 9.69 Å². The van der Waals surface area contributed by atoms with Crippen molar-refractivity contribution in [2.45, 2.75) is 43.8 Å². The van der Waals surface area contributed by atoms with Gasteiger partial charge >= 0.3 is 0 Å². The Kier molecular flexibility index (Phi) is 5.30. The Hall–Kier alpha value is -2.15. The van der Waals surface area contributed by atoms with Crippen LogP contribution in [-0.4, -0.2) is 28.0 Å². The molecule has 2 aliphatic rings. The van der Waals surface area contributed by atoms with Crippen molar-refractivity contribution in [2.75, 3.05) is 4.90 Å². The normalized spacial score (nSPS) is 22.9. The third-order valence-corrected chi connectivity index (χ3v) is 5.14.